The molecule has 5 nitrogen and oxygen atoms in total. The summed E-state index contributed by atoms with van der Waals surface area (Å²) >= 11 is 0. The number of anilines is 1. The van der Waals surface area contributed by atoms with Gasteiger partial charge in [-0.3, -0.25) is 9.78 Å². The molecule has 1 aliphatic heterocycles. The monoisotopic (exact) mass is 262 g/mol. The average Bonchev–Trinajstić information content (AvgIpc) is 2.46. The molecule has 0 radical (unpaired) electrons. The van der Waals surface area contributed by atoms with Crippen LogP contribution in [-0.2, 0) is 4.79 Å². The molecule has 0 aromatic carbocycles. The van der Waals surface area contributed by atoms with Gasteiger partial charge in [0, 0.05) is 19.1 Å². The second-order valence-corrected chi connectivity index (χ2v) is 4.86. The van der Waals surface area contributed by atoms with E-state index < -0.39 is 0 Å². The van der Waals surface area contributed by atoms with E-state index in [1.54, 1.807) is 0 Å². The van der Waals surface area contributed by atoms with Crippen molar-refractivity contribution in [2.75, 3.05) is 18.0 Å². The smallest absolute Gasteiger partial charge is 0.242 e. The Morgan fingerprint density at radius 3 is 2.89 bits per heavy atom. The SMILES string of the molecule is CCC(N)c1ccc(N2CCNC(=O)C2CC)cn1. The van der Waals surface area contributed by atoms with Gasteiger partial charge in [0.05, 0.1) is 17.6 Å². The number of piperazine rings is 1. The van der Waals surface area contributed by atoms with E-state index >= 15 is 0 Å². The van der Waals surface area contributed by atoms with Gasteiger partial charge in [0.25, 0.3) is 0 Å². The molecule has 3 N–H and O–H groups in total. The molecule has 104 valence electrons. The van der Waals surface area contributed by atoms with Crippen LogP contribution in [0.15, 0.2) is 18.3 Å². The number of rotatable bonds is 4. The van der Waals surface area contributed by atoms with Crippen LogP contribution in [0.3, 0.4) is 0 Å². The lowest BCUT2D eigenvalue weighted by Crippen LogP contribution is -2.55. The molecule has 0 bridgehead atoms. The molecule has 1 amide bonds. The number of nitrogens with one attached hydrogen (secondary N) is 1. The molecule has 1 aliphatic rings. The summed E-state index contributed by atoms with van der Waals surface area (Å²) in [5.74, 6) is 0.100. The Labute approximate surface area is 114 Å². The third-order valence-corrected chi connectivity index (χ3v) is 3.64. The third-order valence-electron chi connectivity index (χ3n) is 3.64. The van der Waals surface area contributed by atoms with Gasteiger partial charge >= 0.3 is 0 Å². The maximum Gasteiger partial charge on any atom is 0.242 e. The Kier molecular flexibility index (Phi) is 4.37. The molecule has 1 aromatic heterocycles. The van der Waals surface area contributed by atoms with Crippen molar-refractivity contribution < 1.29 is 4.79 Å². The molecule has 0 spiro atoms. The van der Waals surface area contributed by atoms with Crippen LogP contribution < -0.4 is 16.0 Å². The normalized spacial score (nSPS) is 21.1. The number of nitrogens with zero attached hydrogens (tertiary/aromatic N) is 2. The molecule has 1 aromatic rings. The van der Waals surface area contributed by atoms with Crippen LogP contribution in [0.5, 0.6) is 0 Å². The van der Waals surface area contributed by atoms with E-state index in [4.69, 9.17) is 5.73 Å². The van der Waals surface area contributed by atoms with Crippen molar-refractivity contribution in [3.63, 3.8) is 0 Å². The Morgan fingerprint density at radius 1 is 1.53 bits per heavy atom. The second-order valence-electron chi connectivity index (χ2n) is 4.86. The van der Waals surface area contributed by atoms with E-state index in [0.717, 1.165) is 30.8 Å². The first-order valence-corrected chi connectivity index (χ1v) is 6.93. The number of aromatic nitrogens is 1. The van der Waals surface area contributed by atoms with Gasteiger partial charge in [-0.05, 0) is 25.0 Å². The summed E-state index contributed by atoms with van der Waals surface area (Å²) in [5.41, 5.74) is 7.86. The van der Waals surface area contributed by atoms with Gasteiger partial charge in [-0.25, -0.2) is 0 Å². The fourth-order valence-electron chi connectivity index (χ4n) is 2.43. The summed E-state index contributed by atoms with van der Waals surface area (Å²) in [6.45, 7) is 5.58. The number of pyridine rings is 1. The van der Waals surface area contributed by atoms with Crippen molar-refractivity contribution in [2.24, 2.45) is 5.73 Å². The molecule has 1 fully saturated rings. The van der Waals surface area contributed by atoms with Gasteiger partial charge in [0.15, 0.2) is 0 Å². The van der Waals surface area contributed by atoms with Crippen molar-refractivity contribution in [1.82, 2.24) is 10.3 Å². The maximum atomic E-state index is 11.8. The van der Waals surface area contributed by atoms with Crippen LogP contribution in [0.2, 0.25) is 0 Å². The predicted molar refractivity (Wildman–Crippen MR) is 75.9 cm³/mol. The largest absolute Gasteiger partial charge is 0.357 e. The highest BCUT2D eigenvalue weighted by molar-refractivity contribution is 5.86. The summed E-state index contributed by atoms with van der Waals surface area (Å²) < 4.78 is 0. The summed E-state index contributed by atoms with van der Waals surface area (Å²) in [5, 5.41) is 2.90. The first-order chi connectivity index (χ1) is 9.17. The first kappa shape index (κ1) is 13.8. The fourth-order valence-corrected chi connectivity index (χ4v) is 2.43. The molecule has 2 heterocycles. The number of nitrogens with two attached hydrogens (primary N) is 1. The number of hydrogen-bond donors (Lipinski definition) is 2. The van der Waals surface area contributed by atoms with Crippen molar-refractivity contribution >= 4 is 11.6 Å². The van der Waals surface area contributed by atoms with Gasteiger partial charge in [0.1, 0.15) is 6.04 Å². The van der Waals surface area contributed by atoms with Gasteiger partial charge < -0.3 is 16.0 Å². The molecular formula is C14H22N4O. The number of carbonyl (C=O) groups is 1. The lowest BCUT2D eigenvalue weighted by molar-refractivity contribution is -0.123. The van der Waals surface area contributed by atoms with E-state index in [1.165, 1.54) is 0 Å². The van der Waals surface area contributed by atoms with E-state index in [2.05, 4.69) is 15.2 Å². The van der Waals surface area contributed by atoms with Crippen molar-refractivity contribution in [3.05, 3.63) is 24.0 Å². The zero-order valence-electron chi connectivity index (χ0n) is 11.6. The minimum Gasteiger partial charge on any atom is -0.357 e. The Bertz CT molecular complexity index is 432. The standard InChI is InChI=1S/C14H22N4O/c1-3-11(15)12-6-5-10(9-17-12)18-8-7-16-14(19)13(18)4-2/h5-6,9,11,13H,3-4,7-8,15H2,1-2H3,(H,16,19). The number of amides is 1. The summed E-state index contributed by atoms with van der Waals surface area (Å²) in [6.07, 6.45) is 3.49. The van der Waals surface area contributed by atoms with E-state index in [9.17, 15) is 4.79 Å². The Hall–Kier alpha value is -1.62. The van der Waals surface area contributed by atoms with Crippen molar-refractivity contribution in [1.29, 1.82) is 0 Å². The van der Waals surface area contributed by atoms with Crippen LogP contribution >= 0.6 is 0 Å². The average molecular weight is 262 g/mol. The van der Waals surface area contributed by atoms with Gasteiger partial charge in [-0.2, -0.15) is 0 Å². The fraction of sp³-hybridized carbons (Fsp3) is 0.571. The molecule has 19 heavy (non-hydrogen) atoms. The highest BCUT2D eigenvalue weighted by atomic mass is 16.2. The summed E-state index contributed by atoms with van der Waals surface area (Å²) in [6, 6.07) is 3.86. The predicted octanol–water partition coefficient (Wildman–Crippen LogP) is 1.21. The highest BCUT2D eigenvalue weighted by Gasteiger charge is 2.28. The van der Waals surface area contributed by atoms with Gasteiger partial charge in [-0.15, -0.1) is 0 Å². The van der Waals surface area contributed by atoms with Gasteiger partial charge in [-0.1, -0.05) is 13.8 Å². The van der Waals surface area contributed by atoms with Crippen molar-refractivity contribution in [3.8, 4) is 0 Å². The van der Waals surface area contributed by atoms with E-state index in [0.29, 0.717) is 6.54 Å². The molecule has 2 unspecified atom stereocenters. The zero-order valence-corrected chi connectivity index (χ0v) is 11.6. The minimum absolute atomic E-state index is 0.0133. The van der Waals surface area contributed by atoms with Crippen LogP contribution in [0.25, 0.3) is 0 Å². The minimum atomic E-state index is -0.0961. The van der Waals surface area contributed by atoms with Gasteiger partial charge in [0.2, 0.25) is 5.91 Å². The highest BCUT2D eigenvalue weighted by Crippen LogP contribution is 2.21. The summed E-state index contributed by atoms with van der Waals surface area (Å²) in [4.78, 5) is 18.4. The molecule has 1 saturated heterocycles. The lowest BCUT2D eigenvalue weighted by atomic mass is 10.1. The Morgan fingerprint density at radius 2 is 2.32 bits per heavy atom. The molecule has 2 rings (SSSR count). The zero-order chi connectivity index (χ0) is 13.8. The maximum absolute atomic E-state index is 11.8. The van der Waals surface area contributed by atoms with E-state index in [1.807, 2.05) is 32.2 Å². The van der Waals surface area contributed by atoms with Crippen LogP contribution in [0.1, 0.15) is 38.4 Å². The lowest BCUT2D eigenvalue weighted by Gasteiger charge is -2.36. The van der Waals surface area contributed by atoms with Crippen molar-refractivity contribution in [2.45, 2.75) is 38.8 Å². The second kappa shape index (κ2) is 6.02. The molecule has 0 aliphatic carbocycles. The van der Waals surface area contributed by atoms with E-state index in [-0.39, 0.29) is 18.0 Å². The molecular weight excluding hydrogens is 240 g/mol. The number of hydrogen-bond acceptors (Lipinski definition) is 4. The van der Waals surface area contributed by atoms with Crippen LogP contribution in [-0.4, -0.2) is 30.0 Å². The summed E-state index contributed by atoms with van der Waals surface area (Å²) in [7, 11) is 0. The van der Waals surface area contributed by atoms with Crippen LogP contribution in [0, 0.1) is 0 Å². The third kappa shape index (κ3) is 2.87. The Balaban J connectivity index is 2.18. The van der Waals surface area contributed by atoms with Crippen LogP contribution in [0.4, 0.5) is 5.69 Å². The quantitative estimate of drug-likeness (QED) is 0.855. The number of carbonyl (C=O) groups excluding carboxylic acids is 1. The topological polar surface area (TPSA) is 71.2 Å². The first-order valence-electron chi connectivity index (χ1n) is 6.93. The molecule has 5 heteroatoms. The molecule has 2 atom stereocenters. The molecule has 0 saturated carbocycles.